The number of amides is 1. The van der Waals surface area contributed by atoms with Gasteiger partial charge in [0.15, 0.2) is 0 Å². The van der Waals surface area contributed by atoms with E-state index < -0.39 is 23.5 Å². The van der Waals surface area contributed by atoms with Crippen molar-refractivity contribution in [2.75, 3.05) is 40.9 Å². The number of methoxy groups -OCH3 is 1. The van der Waals surface area contributed by atoms with Crippen LogP contribution in [0.4, 0.5) is 0 Å². The van der Waals surface area contributed by atoms with Gasteiger partial charge in [0.1, 0.15) is 11.5 Å². The first-order valence-corrected chi connectivity index (χ1v) is 11.3. The van der Waals surface area contributed by atoms with Crippen molar-refractivity contribution in [3.63, 3.8) is 0 Å². The SMILES string of the molecule is CCOc1ccc(/C([O-])=C2\C(=O)C(=O)N(CCC[NH+](C)C)C2c2ccccc2OC)cc1Cl. The van der Waals surface area contributed by atoms with Crippen LogP contribution < -0.4 is 19.5 Å². The highest BCUT2D eigenvalue weighted by atomic mass is 35.5. The third-order valence-corrected chi connectivity index (χ3v) is 5.83. The number of halogens is 1. The van der Waals surface area contributed by atoms with Crippen molar-refractivity contribution in [3.8, 4) is 11.5 Å². The van der Waals surface area contributed by atoms with Crippen LogP contribution in [0.2, 0.25) is 5.02 Å². The van der Waals surface area contributed by atoms with E-state index in [2.05, 4.69) is 0 Å². The molecule has 3 rings (SSSR count). The Kier molecular flexibility index (Phi) is 8.00. The van der Waals surface area contributed by atoms with E-state index in [1.54, 1.807) is 36.4 Å². The number of carbonyl (C=O) groups excluding carboxylic acids is 2. The molecule has 0 aromatic heterocycles. The number of carbonyl (C=O) groups is 2. The van der Waals surface area contributed by atoms with Crippen LogP contribution in [0, 0.1) is 0 Å². The molecule has 1 N–H and O–H groups in total. The number of hydrogen-bond acceptors (Lipinski definition) is 5. The summed E-state index contributed by atoms with van der Waals surface area (Å²) in [6.45, 7) is 3.42. The maximum atomic E-state index is 13.6. The molecule has 1 saturated heterocycles. The first-order chi connectivity index (χ1) is 15.8. The zero-order valence-corrected chi connectivity index (χ0v) is 20.1. The molecule has 1 heterocycles. The van der Waals surface area contributed by atoms with Crippen molar-refractivity contribution in [1.29, 1.82) is 0 Å². The number of rotatable bonds is 9. The third-order valence-electron chi connectivity index (χ3n) is 5.53. The Hall–Kier alpha value is -3.03. The number of hydrogen-bond donors (Lipinski definition) is 1. The van der Waals surface area contributed by atoms with E-state index in [1.165, 1.54) is 23.0 Å². The van der Waals surface area contributed by atoms with Gasteiger partial charge in [0, 0.05) is 24.1 Å². The molecule has 33 heavy (non-hydrogen) atoms. The smallest absolute Gasteiger partial charge is 0.295 e. The fraction of sp³-hybridized carbons (Fsp3) is 0.360. The second-order valence-electron chi connectivity index (χ2n) is 8.10. The highest BCUT2D eigenvalue weighted by Crippen LogP contribution is 2.42. The number of ether oxygens (including phenoxy) is 2. The standard InChI is InChI=1S/C25H29ClN2O5/c1-5-33-20-12-11-16(15-18(20)26)23(29)21-22(17-9-6-7-10-19(17)32-4)28(25(31)24(21)30)14-8-13-27(2)3/h6-7,9-12,15,22,29H,5,8,13-14H2,1-4H3/b23-21+. The van der Waals surface area contributed by atoms with E-state index in [0.717, 1.165) is 6.54 Å². The summed E-state index contributed by atoms with van der Waals surface area (Å²) in [5.74, 6) is -1.06. The summed E-state index contributed by atoms with van der Waals surface area (Å²) in [5, 5.41) is 13.8. The van der Waals surface area contributed by atoms with E-state index in [0.29, 0.717) is 36.6 Å². The molecule has 8 heteroatoms. The van der Waals surface area contributed by atoms with Crippen molar-refractivity contribution >= 4 is 29.1 Å². The number of Topliss-reactive ketones (excluding diaryl/α,β-unsaturated/α-hetero) is 1. The molecule has 1 unspecified atom stereocenters. The lowest BCUT2D eigenvalue weighted by Crippen LogP contribution is -3.05. The zero-order chi connectivity index (χ0) is 24.1. The summed E-state index contributed by atoms with van der Waals surface area (Å²) in [5.41, 5.74) is 0.720. The predicted molar refractivity (Wildman–Crippen MR) is 124 cm³/mol. The molecule has 1 aliphatic rings. The summed E-state index contributed by atoms with van der Waals surface area (Å²) >= 11 is 6.28. The van der Waals surface area contributed by atoms with Gasteiger partial charge in [0.25, 0.3) is 5.91 Å². The van der Waals surface area contributed by atoms with Gasteiger partial charge in [-0.25, -0.2) is 0 Å². The first-order valence-electron chi connectivity index (χ1n) is 10.9. The van der Waals surface area contributed by atoms with Gasteiger partial charge in [0.2, 0.25) is 5.78 Å². The molecular formula is C25H29ClN2O5. The van der Waals surface area contributed by atoms with Gasteiger partial charge in [-0.1, -0.05) is 41.6 Å². The van der Waals surface area contributed by atoms with Crippen molar-refractivity contribution in [2.45, 2.75) is 19.4 Å². The molecule has 0 spiro atoms. The highest BCUT2D eigenvalue weighted by molar-refractivity contribution is 6.46. The van der Waals surface area contributed by atoms with Crippen LogP contribution in [0.1, 0.15) is 30.5 Å². The maximum Gasteiger partial charge on any atom is 0.295 e. The lowest BCUT2D eigenvalue weighted by Gasteiger charge is -2.28. The van der Waals surface area contributed by atoms with Crippen molar-refractivity contribution in [1.82, 2.24) is 4.90 Å². The van der Waals surface area contributed by atoms with E-state index in [9.17, 15) is 14.7 Å². The molecule has 176 valence electrons. The summed E-state index contributed by atoms with van der Waals surface area (Å²) in [4.78, 5) is 28.8. The van der Waals surface area contributed by atoms with Crippen molar-refractivity contribution < 1.29 is 29.1 Å². The average molecular weight is 473 g/mol. The average Bonchev–Trinajstić information content (AvgIpc) is 3.04. The summed E-state index contributed by atoms with van der Waals surface area (Å²) in [6, 6.07) is 10.9. The normalized spacial score (nSPS) is 17.6. The molecule has 1 atom stereocenters. The quantitative estimate of drug-likeness (QED) is 0.340. The number of quaternary nitrogens is 1. The van der Waals surface area contributed by atoms with Gasteiger partial charge in [-0.05, 0) is 30.7 Å². The van der Waals surface area contributed by atoms with Gasteiger partial charge in [-0.3, -0.25) is 9.59 Å². The Bertz CT molecular complexity index is 1070. The Morgan fingerprint density at radius 1 is 1.15 bits per heavy atom. The topological polar surface area (TPSA) is 83.3 Å². The fourth-order valence-corrected chi connectivity index (χ4v) is 4.22. The van der Waals surface area contributed by atoms with Gasteiger partial charge < -0.3 is 24.4 Å². The monoisotopic (exact) mass is 472 g/mol. The fourth-order valence-electron chi connectivity index (χ4n) is 3.99. The second kappa shape index (κ2) is 10.7. The van der Waals surface area contributed by atoms with Crippen LogP contribution in [0.25, 0.3) is 5.76 Å². The van der Waals surface area contributed by atoms with Crippen LogP contribution in [-0.4, -0.2) is 57.5 Å². The molecule has 1 fully saturated rings. The molecule has 2 aromatic rings. The van der Waals surface area contributed by atoms with Crippen LogP contribution >= 0.6 is 11.6 Å². The third kappa shape index (κ3) is 5.15. The summed E-state index contributed by atoms with van der Waals surface area (Å²) in [6.07, 6.45) is 0.684. The van der Waals surface area contributed by atoms with Crippen LogP contribution in [0.3, 0.4) is 0 Å². The number of ketones is 1. The van der Waals surface area contributed by atoms with E-state index in [4.69, 9.17) is 21.1 Å². The van der Waals surface area contributed by atoms with Gasteiger partial charge >= 0.3 is 0 Å². The number of nitrogens with one attached hydrogen (secondary N) is 1. The molecule has 0 saturated carbocycles. The number of benzene rings is 2. The molecule has 1 aliphatic heterocycles. The van der Waals surface area contributed by atoms with Crippen LogP contribution in [-0.2, 0) is 9.59 Å². The summed E-state index contributed by atoms with van der Waals surface area (Å²) < 4.78 is 10.9. The van der Waals surface area contributed by atoms with Crippen molar-refractivity contribution in [2.24, 2.45) is 0 Å². The largest absolute Gasteiger partial charge is 0.872 e. The minimum Gasteiger partial charge on any atom is -0.872 e. The predicted octanol–water partition coefficient (Wildman–Crippen LogP) is 1.51. The number of likely N-dealkylation sites (tertiary alicyclic amines) is 1. The molecule has 1 amide bonds. The number of nitrogens with zero attached hydrogens (tertiary/aromatic N) is 1. The Labute approximate surface area is 199 Å². The number of para-hydroxylation sites is 1. The van der Waals surface area contributed by atoms with E-state index in [1.807, 2.05) is 21.0 Å². The molecule has 0 aliphatic carbocycles. The van der Waals surface area contributed by atoms with Gasteiger partial charge in [-0.15, -0.1) is 0 Å². The molecule has 0 bridgehead atoms. The first kappa shape index (κ1) is 24.6. The lowest BCUT2D eigenvalue weighted by atomic mass is 9.94. The lowest BCUT2D eigenvalue weighted by molar-refractivity contribution is -0.858. The Balaban J connectivity index is 2.13. The van der Waals surface area contributed by atoms with E-state index >= 15 is 0 Å². The molecule has 2 aromatic carbocycles. The van der Waals surface area contributed by atoms with Crippen LogP contribution in [0.5, 0.6) is 11.5 Å². The minimum absolute atomic E-state index is 0.0954. The Morgan fingerprint density at radius 2 is 1.88 bits per heavy atom. The van der Waals surface area contributed by atoms with Gasteiger partial charge in [0.05, 0.1) is 45.4 Å². The second-order valence-corrected chi connectivity index (χ2v) is 8.51. The minimum atomic E-state index is -0.837. The maximum absolute atomic E-state index is 13.6. The Morgan fingerprint density at radius 3 is 2.52 bits per heavy atom. The van der Waals surface area contributed by atoms with E-state index in [-0.39, 0.29) is 16.2 Å². The van der Waals surface area contributed by atoms with Crippen molar-refractivity contribution in [3.05, 3.63) is 64.2 Å². The summed E-state index contributed by atoms with van der Waals surface area (Å²) in [7, 11) is 5.56. The van der Waals surface area contributed by atoms with Crippen LogP contribution in [0.15, 0.2) is 48.0 Å². The molecule has 7 nitrogen and oxygen atoms in total. The van der Waals surface area contributed by atoms with Gasteiger partial charge in [-0.2, -0.15) is 0 Å². The molecular weight excluding hydrogens is 444 g/mol. The molecule has 0 radical (unpaired) electrons. The zero-order valence-electron chi connectivity index (χ0n) is 19.3. The highest BCUT2D eigenvalue weighted by Gasteiger charge is 2.45.